The third-order valence-electron chi connectivity index (χ3n) is 3.40. The summed E-state index contributed by atoms with van der Waals surface area (Å²) in [7, 11) is 1.55. The van der Waals surface area contributed by atoms with Crippen LogP contribution < -0.4 is 9.47 Å². The molecule has 0 aromatic heterocycles. The lowest BCUT2D eigenvalue weighted by molar-refractivity contribution is 0.0729. The van der Waals surface area contributed by atoms with Gasteiger partial charge in [0, 0.05) is 0 Å². The highest BCUT2D eigenvalue weighted by molar-refractivity contribution is 5.92. The van der Waals surface area contributed by atoms with Gasteiger partial charge in [-0.3, -0.25) is 0 Å². The molecule has 0 aliphatic carbocycles. The Bertz CT molecular complexity index is 891. The average Bonchev–Trinajstić information content (AvgIpc) is 2.56. The first-order valence-corrected chi connectivity index (χ1v) is 6.82. The number of esters is 1. The van der Waals surface area contributed by atoms with Crippen LogP contribution >= 0.6 is 0 Å². The van der Waals surface area contributed by atoms with Crippen LogP contribution in [0.15, 0.2) is 54.6 Å². The summed E-state index contributed by atoms with van der Waals surface area (Å²) in [6.07, 6.45) is 0. The fourth-order valence-electron chi connectivity index (χ4n) is 2.22. The summed E-state index contributed by atoms with van der Waals surface area (Å²) in [6.45, 7) is 0. The van der Waals surface area contributed by atoms with Crippen LogP contribution in [0, 0.1) is 11.6 Å². The van der Waals surface area contributed by atoms with E-state index in [1.807, 2.05) is 12.1 Å². The molecular formula is C18H12F2O3. The lowest BCUT2D eigenvalue weighted by Crippen LogP contribution is -2.11. The number of carbonyl (C=O) groups is 1. The predicted molar refractivity (Wildman–Crippen MR) is 81.8 cm³/mol. The Morgan fingerprint density at radius 2 is 1.61 bits per heavy atom. The minimum absolute atomic E-state index is 0.236. The van der Waals surface area contributed by atoms with Gasteiger partial charge in [-0.2, -0.15) is 0 Å². The molecule has 3 aromatic rings. The lowest BCUT2D eigenvalue weighted by atomic mass is 10.1. The monoisotopic (exact) mass is 314 g/mol. The summed E-state index contributed by atoms with van der Waals surface area (Å²) < 4.78 is 37.1. The number of ether oxygens (including phenoxy) is 2. The van der Waals surface area contributed by atoms with Crippen molar-refractivity contribution in [3.8, 4) is 11.5 Å². The first-order chi connectivity index (χ1) is 11.1. The number of rotatable bonds is 3. The van der Waals surface area contributed by atoms with Crippen LogP contribution in [0.25, 0.3) is 10.8 Å². The van der Waals surface area contributed by atoms with Gasteiger partial charge in [0.2, 0.25) is 0 Å². The van der Waals surface area contributed by atoms with E-state index in [9.17, 15) is 13.6 Å². The molecule has 0 spiro atoms. The van der Waals surface area contributed by atoms with Gasteiger partial charge in [0.15, 0.2) is 11.6 Å². The standard InChI is InChI=1S/C18H12F2O3/c1-22-13-7-5-11-6-8-14(10-12(11)9-13)23-18(21)15-3-2-4-16(19)17(15)20/h2-10H,1H3. The first kappa shape index (κ1) is 15.0. The highest BCUT2D eigenvalue weighted by Gasteiger charge is 2.17. The van der Waals surface area contributed by atoms with E-state index < -0.39 is 23.2 Å². The summed E-state index contributed by atoms with van der Waals surface area (Å²) in [5.74, 6) is -2.37. The van der Waals surface area contributed by atoms with Crippen molar-refractivity contribution in [3.05, 3.63) is 71.8 Å². The summed E-state index contributed by atoms with van der Waals surface area (Å²) in [5.41, 5.74) is -0.448. The molecule has 0 heterocycles. The SMILES string of the molecule is COc1ccc2ccc(OC(=O)c3cccc(F)c3F)cc2c1. The highest BCUT2D eigenvalue weighted by Crippen LogP contribution is 2.25. The van der Waals surface area contributed by atoms with E-state index in [-0.39, 0.29) is 5.75 Å². The van der Waals surface area contributed by atoms with E-state index in [1.54, 1.807) is 31.4 Å². The van der Waals surface area contributed by atoms with Gasteiger partial charge in [0.25, 0.3) is 0 Å². The molecule has 0 amide bonds. The number of benzene rings is 3. The van der Waals surface area contributed by atoms with E-state index in [4.69, 9.17) is 9.47 Å². The molecule has 0 radical (unpaired) electrons. The molecule has 3 aromatic carbocycles. The maximum atomic E-state index is 13.6. The average molecular weight is 314 g/mol. The van der Waals surface area contributed by atoms with Crippen molar-refractivity contribution in [1.82, 2.24) is 0 Å². The highest BCUT2D eigenvalue weighted by atomic mass is 19.2. The fourth-order valence-corrected chi connectivity index (χ4v) is 2.22. The van der Waals surface area contributed by atoms with Crippen LogP contribution in [0.1, 0.15) is 10.4 Å². The second-order valence-corrected chi connectivity index (χ2v) is 4.87. The summed E-state index contributed by atoms with van der Waals surface area (Å²) in [5, 5.41) is 1.73. The summed E-state index contributed by atoms with van der Waals surface area (Å²) in [6, 6.07) is 13.8. The number of hydrogen-bond acceptors (Lipinski definition) is 3. The zero-order chi connectivity index (χ0) is 16.4. The van der Waals surface area contributed by atoms with Gasteiger partial charge in [0.05, 0.1) is 12.7 Å². The maximum absolute atomic E-state index is 13.6. The van der Waals surface area contributed by atoms with Crippen LogP contribution in [0.3, 0.4) is 0 Å². The van der Waals surface area contributed by atoms with Crippen LogP contribution in [-0.2, 0) is 0 Å². The Balaban J connectivity index is 1.91. The Morgan fingerprint density at radius 1 is 0.913 bits per heavy atom. The van der Waals surface area contributed by atoms with Crippen molar-refractivity contribution in [3.63, 3.8) is 0 Å². The van der Waals surface area contributed by atoms with Gasteiger partial charge >= 0.3 is 5.97 Å². The normalized spacial score (nSPS) is 10.6. The molecule has 0 aliphatic rings. The van der Waals surface area contributed by atoms with Gasteiger partial charge in [-0.25, -0.2) is 13.6 Å². The quantitative estimate of drug-likeness (QED) is 0.533. The molecule has 3 nitrogen and oxygen atoms in total. The largest absolute Gasteiger partial charge is 0.497 e. The smallest absolute Gasteiger partial charge is 0.346 e. The van der Waals surface area contributed by atoms with Crippen LogP contribution in [0.4, 0.5) is 8.78 Å². The molecule has 23 heavy (non-hydrogen) atoms. The molecule has 0 fully saturated rings. The Hall–Kier alpha value is -2.95. The zero-order valence-corrected chi connectivity index (χ0v) is 12.2. The second kappa shape index (κ2) is 6.04. The summed E-state index contributed by atoms with van der Waals surface area (Å²) >= 11 is 0. The minimum Gasteiger partial charge on any atom is -0.497 e. The van der Waals surface area contributed by atoms with Crippen molar-refractivity contribution in [2.24, 2.45) is 0 Å². The van der Waals surface area contributed by atoms with E-state index in [2.05, 4.69) is 0 Å². The van der Waals surface area contributed by atoms with Crippen molar-refractivity contribution in [2.45, 2.75) is 0 Å². The van der Waals surface area contributed by atoms with Gasteiger partial charge in [-0.05, 0) is 47.2 Å². The van der Waals surface area contributed by atoms with Crippen molar-refractivity contribution in [1.29, 1.82) is 0 Å². The Morgan fingerprint density at radius 3 is 2.35 bits per heavy atom. The van der Waals surface area contributed by atoms with Gasteiger partial charge < -0.3 is 9.47 Å². The van der Waals surface area contributed by atoms with Crippen LogP contribution in [-0.4, -0.2) is 13.1 Å². The topological polar surface area (TPSA) is 35.5 Å². The lowest BCUT2D eigenvalue weighted by Gasteiger charge is -2.07. The Labute approximate surface area is 131 Å². The third kappa shape index (κ3) is 2.99. The van der Waals surface area contributed by atoms with Gasteiger partial charge in [-0.1, -0.05) is 18.2 Å². The number of fused-ring (bicyclic) bond motifs is 1. The predicted octanol–water partition coefficient (Wildman–Crippen LogP) is 4.35. The van der Waals surface area contributed by atoms with Crippen molar-refractivity contribution in [2.75, 3.05) is 7.11 Å². The molecule has 0 aliphatic heterocycles. The van der Waals surface area contributed by atoms with Crippen LogP contribution in [0.5, 0.6) is 11.5 Å². The number of carbonyl (C=O) groups excluding carboxylic acids is 1. The molecule has 5 heteroatoms. The summed E-state index contributed by atoms with van der Waals surface area (Å²) in [4.78, 5) is 12.0. The molecule has 0 N–H and O–H groups in total. The molecule has 0 atom stereocenters. The fraction of sp³-hybridized carbons (Fsp3) is 0.0556. The van der Waals surface area contributed by atoms with Crippen molar-refractivity contribution < 1.29 is 23.0 Å². The van der Waals surface area contributed by atoms with Crippen LogP contribution in [0.2, 0.25) is 0 Å². The molecule has 116 valence electrons. The molecule has 3 rings (SSSR count). The molecule has 0 saturated carbocycles. The first-order valence-electron chi connectivity index (χ1n) is 6.82. The molecular weight excluding hydrogens is 302 g/mol. The van der Waals surface area contributed by atoms with E-state index in [0.717, 1.165) is 16.8 Å². The zero-order valence-electron chi connectivity index (χ0n) is 12.2. The number of halogens is 2. The van der Waals surface area contributed by atoms with Gasteiger partial charge in [-0.15, -0.1) is 0 Å². The minimum atomic E-state index is -1.22. The van der Waals surface area contributed by atoms with E-state index >= 15 is 0 Å². The molecule has 0 bridgehead atoms. The van der Waals surface area contributed by atoms with E-state index in [1.165, 1.54) is 12.1 Å². The number of hydrogen-bond donors (Lipinski definition) is 0. The second-order valence-electron chi connectivity index (χ2n) is 4.87. The molecule has 0 unspecified atom stereocenters. The van der Waals surface area contributed by atoms with Crippen molar-refractivity contribution >= 4 is 16.7 Å². The Kier molecular flexibility index (Phi) is 3.93. The third-order valence-corrected chi connectivity index (χ3v) is 3.40. The van der Waals surface area contributed by atoms with Gasteiger partial charge in [0.1, 0.15) is 11.5 Å². The van der Waals surface area contributed by atoms with E-state index in [0.29, 0.717) is 5.75 Å². The number of methoxy groups -OCH3 is 1. The molecule has 0 saturated heterocycles. The maximum Gasteiger partial charge on any atom is 0.346 e.